The summed E-state index contributed by atoms with van der Waals surface area (Å²) < 4.78 is 116. The SMILES string of the molecule is CN1[C@H](CCC(C)(F)F)CN(c2ccc(F)cc2)c2cc(C(F)(F)F)c(OC[C@@](C)(O)C(=O)O)cc2S1(=O)=O. The highest BCUT2D eigenvalue weighted by Gasteiger charge is 2.43. The number of hydrogen-bond acceptors (Lipinski definition) is 6. The first-order valence-corrected chi connectivity index (χ1v) is 12.9. The zero-order valence-corrected chi connectivity index (χ0v) is 21.8. The van der Waals surface area contributed by atoms with Crippen molar-refractivity contribution in [2.24, 2.45) is 0 Å². The molecule has 0 aromatic heterocycles. The third-order valence-corrected chi connectivity index (χ3v) is 8.19. The van der Waals surface area contributed by atoms with Crippen LogP contribution in [-0.2, 0) is 21.0 Å². The number of alkyl halides is 5. The number of rotatable bonds is 8. The van der Waals surface area contributed by atoms with Gasteiger partial charge >= 0.3 is 12.1 Å². The molecule has 2 aromatic rings. The number of carboxylic acid groups (broad SMARTS) is 1. The van der Waals surface area contributed by atoms with Crippen molar-refractivity contribution in [2.75, 3.05) is 25.1 Å². The molecule has 15 heteroatoms. The molecule has 1 aliphatic rings. The van der Waals surface area contributed by atoms with E-state index in [2.05, 4.69) is 0 Å². The molecule has 2 aromatic carbocycles. The van der Waals surface area contributed by atoms with Crippen molar-refractivity contribution >= 4 is 27.4 Å². The molecule has 39 heavy (non-hydrogen) atoms. The molecular formula is C24H26F6N2O6S. The monoisotopic (exact) mass is 584 g/mol. The van der Waals surface area contributed by atoms with Crippen LogP contribution in [-0.4, -0.2) is 66.7 Å². The number of benzene rings is 2. The first-order chi connectivity index (χ1) is 17.7. The Labute approximate surface area is 220 Å². The average molecular weight is 585 g/mol. The van der Waals surface area contributed by atoms with E-state index in [1.165, 1.54) is 12.1 Å². The minimum absolute atomic E-state index is 0.0898. The van der Waals surface area contributed by atoms with Gasteiger partial charge in [0.1, 0.15) is 23.1 Å². The third-order valence-electron chi connectivity index (χ3n) is 6.25. The lowest BCUT2D eigenvalue weighted by molar-refractivity contribution is -0.159. The van der Waals surface area contributed by atoms with Gasteiger partial charge in [-0.3, -0.25) is 0 Å². The zero-order chi connectivity index (χ0) is 29.6. The Hall–Kier alpha value is -3.04. The summed E-state index contributed by atoms with van der Waals surface area (Å²) in [7, 11) is -3.54. The van der Waals surface area contributed by atoms with E-state index in [0.717, 1.165) is 35.3 Å². The zero-order valence-electron chi connectivity index (χ0n) is 21.0. The summed E-state index contributed by atoms with van der Waals surface area (Å²) in [6.45, 7) is -0.0808. The molecule has 8 nitrogen and oxygen atoms in total. The average Bonchev–Trinajstić information content (AvgIpc) is 2.88. The van der Waals surface area contributed by atoms with Gasteiger partial charge < -0.3 is 19.8 Å². The quantitative estimate of drug-likeness (QED) is 0.436. The molecule has 0 spiro atoms. The van der Waals surface area contributed by atoms with Crippen LogP contribution in [0.3, 0.4) is 0 Å². The molecule has 3 rings (SSSR count). The molecule has 0 bridgehead atoms. The maximum absolute atomic E-state index is 14.1. The second-order valence-electron chi connectivity index (χ2n) is 9.55. The van der Waals surface area contributed by atoms with Crippen LogP contribution >= 0.6 is 0 Å². The largest absolute Gasteiger partial charge is 0.489 e. The molecule has 2 N–H and O–H groups in total. The summed E-state index contributed by atoms with van der Waals surface area (Å²) in [6.07, 6.45) is -6.21. The molecule has 0 fully saturated rings. The number of fused-ring (bicyclic) bond motifs is 1. The molecular weight excluding hydrogens is 558 g/mol. The second-order valence-corrected chi connectivity index (χ2v) is 11.5. The first kappa shape index (κ1) is 30.5. The molecule has 0 aliphatic carbocycles. The normalized spacial score (nSPS) is 19.6. The lowest BCUT2D eigenvalue weighted by Gasteiger charge is -2.30. The Bertz CT molecular complexity index is 1330. The smallest absolute Gasteiger partial charge is 0.420 e. The summed E-state index contributed by atoms with van der Waals surface area (Å²) >= 11 is 0. The fourth-order valence-corrected chi connectivity index (χ4v) is 5.49. The van der Waals surface area contributed by atoms with Crippen molar-refractivity contribution in [2.45, 2.75) is 55.3 Å². The number of likely N-dealkylation sites (N-methyl/N-ethyl adjacent to an activating group) is 1. The van der Waals surface area contributed by atoms with Gasteiger partial charge in [-0.15, -0.1) is 0 Å². The van der Waals surface area contributed by atoms with E-state index in [1.54, 1.807) is 0 Å². The van der Waals surface area contributed by atoms with Crippen LogP contribution in [0.25, 0.3) is 0 Å². The van der Waals surface area contributed by atoms with Gasteiger partial charge in [0.05, 0.1) is 11.3 Å². The van der Waals surface area contributed by atoms with Crippen LogP contribution in [0, 0.1) is 5.82 Å². The molecule has 1 aliphatic heterocycles. The van der Waals surface area contributed by atoms with E-state index in [0.29, 0.717) is 19.1 Å². The Kier molecular flexibility index (Phi) is 8.21. The van der Waals surface area contributed by atoms with Gasteiger partial charge in [0.15, 0.2) is 5.60 Å². The number of sulfonamides is 1. The summed E-state index contributed by atoms with van der Waals surface area (Å²) in [6, 6.07) is 4.30. The van der Waals surface area contributed by atoms with Crippen molar-refractivity contribution in [1.29, 1.82) is 0 Å². The highest BCUT2D eigenvalue weighted by molar-refractivity contribution is 7.89. The lowest BCUT2D eigenvalue weighted by atomic mass is 10.1. The predicted molar refractivity (Wildman–Crippen MR) is 127 cm³/mol. The molecule has 2 atom stereocenters. The maximum atomic E-state index is 14.1. The van der Waals surface area contributed by atoms with Gasteiger partial charge in [0.2, 0.25) is 15.9 Å². The van der Waals surface area contributed by atoms with Gasteiger partial charge in [0, 0.05) is 37.8 Å². The van der Waals surface area contributed by atoms with Crippen molar-refractivity contribution in [3.8, 4) is 5.75 Å². The summed E-state index contributed by atoms with van der Waals surface area (Å²) in [4.78, 5) is 11.7. The fourth-order valence-electron chi connectivity index (χ4n) is 3.92. The number of halogens is 6. The molecule has 0 saturated carbocycles. The maximum Gasteiger partial charge on any atom is 0.420 e. The van der Waals surface area contributed by atoms with Crippen LogP contribution in [0.2, 0.25) is 0 Å². The second kappa shape index (κ2) is 10.5. The van der Waals surface area contributed by atoms with E-state index in [-0.39, 0.29) is 18.7 Å². The molecule has 0 amide bonds. The summed E-state index contributed by atoms with van der Waals surface area (Å²) in [5, 5.41) is 19.0. The van der Waals surface area contributed by atoms with Crippen LogP contribution in [0.15, 0.2) is 41.3 Å². The van der Waals surface area contributed by atoms with Crippen LogP contribution in [0.4, 0.5) is 37.7 Å². The van der Waals surface area contributed by atoms with Crippen molar-refractivity contribution in [1.82, 2.24) is 4.31 Å². The Balaban J connectivity index is 2.26. The van der Waals surface area contributed by atoms with Crippen LogP contribution < -0.4 is 9.64 Å². The van der Waals surface area contributed by atoms with E-state index in [1.807, 2.05) is 0 Å². The van der Waals surface area contributed by atoms with E-state index < -0.39 is 80.5 Å². The number of nitrogens with zero attached hydrogens (tertiary/aromatic N) is 2. The van der Waals surface area contributed by atoms with Gasteiger partial charge in [-0.2, -0.15) is 17.5 Å². The standard InChI is InChI=1S/C24H26F6N2O6S/c1-22(35,21(33)34)13-38-19-11-20-18(10-17(19)24(28,29)30)32(15-6-4-14(25)5-7-15)12-16(8-9-23(2,26)27)31(3)39(20,36)37/h4-7,10-11,16,35H,8-9,12-13H2,1-3H3,(H,33,34)/t16-,22-/m1/s1. The highest BCUT2D eigenvalue weighted by Crippen LogP contribution is 2.46. The third kappa shape index (κ3) is 6.76. The molecule has 216 valence electrons. The Morgan fingerprint density at radius 1 is 1.10 bits per heavy atom. The first-order valence-electron chi connectivity index (χ1n) is 11.5. The minimum Gasteiger partial charge on any atom is -0.489 e. The Morgan fingerprint density at radius 3 is 2.21 bits per heavy atom. The predicted octanol–water partition coefficient (Wildman–Crippen LogP) is 4.64. The van der Waals surface area contributed by atoms with Crippen LogP contribution in [0.5, 0.6) is 5.75 Å². The van der Waals surface area contributed by atoms with E-state index in [4.69, 9.17) is 9.84 Å². The van der Waals surface area contributed by atoms with Gasteiger partial charge in [-0.05, 0) is 50.6 Å². The summed E-state index contributed by atoms with van der Waals surface area (Å²) in [5.74, 6) is -6.70. The number of anilines is 2. The molecule has 1 heterocycles. The van der Waals surface area contributed by atoms with E-state index in [9.17, 15) is 44.7 Å². The minimum atomic E-state index is -5.13. The number of ether oxygens (including phenoxy) is 1. The molecule has 0 saturated heterocycles. The molecule has 0 radical (unpaired) electrons. The van der Waals surface area contributed by atoms with Crippen molar-refractivity contribution in [3.05, 3.63) is 47.8 Å². The Morgan fingerprint density at radius 2 is 1.69 bits per heavy atom. The van der Waals surface area contributed by atoms with E-state index >= 15 is 0 Å². The van der Waals surface area contributed by atoms with Crippen molar-refractivity contribution in [3.63, 3.8) is 0 Å². The van der Waals surface area contributed by atoms with Gasteiger partial charge in [-0.1, -0.05) is 0 Å². The molecule has 0 unspecified atom stereocenters. The van der Waals surface area contributed by atoms with Crippen molar-refractivity contribution < 1.29 is 54.5 Å². The van der Waals surface area contributed by atoms with Crippen LogP contribution in [0.1, 0.15) is 32.3 Å². The number of carboxylic acids is 1. The number of hydrogen-bond donors (Lipinski definition) is 2. The lowest BCUT2D eigenvalue weighted by Crippen LogP contribution is -2.41. The fraction of sp³-hybridized carbons (Fsp3) is 0.458. The topological polar surface area (TPSA) is 107 Å². The van der Waals surface area contributed by atoms with Gasteiger partial charge in [-0.25, -0.2) is 26.4 Å². The van der Waals surface area contributed by atoms with Gasteiger partial charge in [0.25, 0.3) is 0 Å². The summed E-state index contributed by atoms with van der Waals surface area (Å²) in [5.41, 5.74) is -4.48. The number of aliphatic hydroxyl groups is 1. The number of carbonyl (C=O) groups is 1. The number of aliphatic carboxylic acids is 1. The highest BCUT2D eigenvalue weighted by atomic mass is 32.2.